The normalized spacial score (nSPS) is 14.5. The van der Waals surface area contributed by atoms with Crippen LogP contribution in [0.3, 0.4) is 0 Å². The van der Waals surface area contributed by atoms with E-state index in [1.165, 1.54) is 17.4 Å². The van der Waals surface area contributed by atoms with E-state index in [0.717, 1.165) is 13.1 Å². The number of carbonyl (C=O) groups is 1. The van der Waals surface area contributed by atoms with Crippen LogP contribution in [0.25, 0.3) is 10.2 Å². The van der Waals surface area contributed by atoms with E-state index in [-0.39, 0.29) is 18.0 Å². The van der Waals surface area contributed by atoms with Crippen molar-refractivity contribution in [1.82, 2.24) is 9.88 Å². The largest absolute Gasteiger partial charge is 0.497 e. The first-order valence-corrected chi connectivity index (χ1v) is 10.9. The Kier molecular flexibility index (Phi) is 6.96. The lowest BCUT2D eigenvalue weighted by atomic mass is 10.3. The molecule has 7 nitrogen and oxygen atoms in total. The first kappa shape index (κ1) is 21.5. The lowest BCUT2D eigenvalue weighted by molar-refractivity contribution is -0.120. The Morgan fingerprint density at radius 1 is 1.23 bits per heavy atom. The fourth-order valence-electron chi connectivity index (χ4n) is 3.33. The van der Waals surface area contributed by atoms with E-state index in [2.05, 4.69) is 9.88 Å². The Morgan fingerprint density at radius 3 is 2.77 bits per heavy atom. The number of methoxy groups -OCH3 is 1. The molecule has 0 atom stereocenters. The fraction of sp³-hybridized carbons (Fsp3) is 0.364. The van der Waals surface area contributed by atoms with Crippen LogP contribution < -0.4 is 14.4 Å². The Balaban J connectivity index is 1.51. The van der Waals surface area contributed by atoms with E-state index in [1.807, 2.05) is 0 Å². The number of nitrogens with zero attached hydrogens (tertiary/aromatic N) is 3. The van der Waals surface area contributed by atoms with Gasteiger partial charge in [0.1, 0.15) is 22.8 Å². The van der Waals surface area contributed by atoms with Crippen LogP contribution in [-0.4, -0.2) is 68.9 Å². The van der Waals surface area contributed by atoms with Gasteiger partial charge in [0.05, 0.1) is 25.0 Å². The molecule has 2 aromatic carbocycles. The number of fused-ring (bicyclic) bond motifs is 1. The number of morpholine rings is 1. The Labute approximate surface area is 183 Å². The van der Waals surface area contributed by atoms with Crippen LogP contribution in [0.15, 0.2) is 42.5 Å². The molecule has 31 heavy (non-hydrogen) atoms. The Hall–Kier alpha value is -2.75. The van der Waals surface area contributed by atoms with E-state index in [0.29, 0.717) is 47.6 Å². The van der Waals surface area contributed by atoms with E-state index in [9.17, 15) is 9.18 Å². The average molecular weight is 446 g/mol. The standard InChI is InChI=1S/C22H24FN3O4S/c1-28-16-4-2-5-17(14-16)30-15-20(27)26(9-8-25-10-12-29-13-11-25)22-24-21-18(23)6-3-7-19(21)31-22/h2-7,14H,8-13,15H2,1H3. The monoisotopic (exact) mass is 445 g/mol. The van der Waals surface area contributed by atoms with Gasteiger partial charge in [-0.3, -0.25) is 14.6 Å². The second kappa shape index (κ2) is 10.0. The highest BCUT2D eigenvalue weighted by Crippen LogP contribution is 2.30. The van der Waals surface area contributed by atoms with Crippen molar-refractivity contribution in [3.63, 3.8) is 0 Å². The van der Waals surface area contributed by atoms with Crippen molar-refractivity contribution >= 4 is 32.6 Å². The minimum absolute atomic E-state index is 0.158. The summed E-state index contributed by atoms with van der Waals surface area (Å²) in [5, 5.41) is 0.465. The topological polar surface area (TPSA) is 64.1 Å². The van der Waals surface area contributed by atoms with Crippen molar-refractivity contribution in [1.29, 1.82) is 0 Å². The number of carbonyl (C=O) groups excluding carboxylic acids is 1. The van der Waals surface area contributed by atoms with Crippen LogP contribution >= 0.6 is 11.3 Å². The average Bonchev–Trinajstić information content (AvgIpc) is 3.24. The summed E-state index contributed by atoms with van der Waals surface area (Å²) in [6.07, 6.45) is 0. The Bertz CT molecular complexity index is 1040. The van der Waals surface area contributed by atoms with E-state index in [1.54, 1.807) is 48.4 Å². The number of halogens is 1. The molecule has 9 heteroatoms. The first-order valence-electron chi connectivity index (χ1n) is 10.1. The molecule has 0 saturated carbocycles. The highest BCUT2D eigenvalue weighted by molar-refractivity contribution is 7.22. The first-order chi connectivity index (χ1) is 15.1. The predicted molar refractivity (Wildman–Crippen MR) is 118 cm³/mol. The van der Waals surface area contributed by atoms with Gasteiger partial charge in [-0.2, -0.15) is 0 Å². The van der Waals surface area contributed by atoms with Crippen molar-refractivity contribution in [2.75, 3.05) is 58.0 Å². The maximum atomic E-state index is 14.2. The molecule has 164 valence electrons. The highest BCUT2D eigenvalue weighted by Gasteiger charge is 2.23. The van der Waals surface area contributed by atoms with Crippen molar-refractivity contribution in [3.8, 4) is 11.5 Å². The van der Waals surface area contributed by atoms with Gasteiger partial charge in [-0.25, -0.2) is 9.37 Å². The van der Waals surface area contributed by atoms with Crippen LogP contribution in [0.1, 0.15) is 0 Å². The second-order valence-corrected chi connectivity index (χ2v) is 8.06. The van der Waals surface area contributed by atoms with Gasteiger partial charge in [-0.1, -0.05) is 23.5 Å². The number of aromatic nitrogens is 1. The Morgan fingerprint density at radius 2 is 2.00 bits per heavy atom. The zero-order valence-electron chi connectivity index (χ0n) is 17.3. The maximum absolute atomic E-state index is 14.2. The zero-order chi connectivity index (χ0) is 21.6. The minimum atomic E-state index is -0.395. The molecule has 1 saturated heterocycles. The predicted octanol–water partition coefficient (Wildman–Crippen LogP) is 3.19. The number of rotatable bonds is 8. The fourth-order valence-corrected chi connectivity index (χ4v) is 4.35. The van der Waals surface area contributed by atoms with Gasteiger partial charge in [0.25, 0.3) is 5.91 Å². The molecule has 0 unspecified atom stereocenters. The third-order valence-corrected chi connectivity index (χ3v) is 6.08. The summed E-state index contributed by atoms with van der Waals surface area (Å²) in [5.41, 5.74) is 0.278. The van der Waals surface area contributed by atoms with Gasteiger partial charge in [0.2, 0.25) is 0 Å². The molecule has 1 aliphatic heterocycles. The summed E-state index contributed by atoms with van der Waals surface area (Å²) in [4.78, 5) is 21.3. The molecule has 0 bridgehead atoms. The number of ether oxygens (including phenoxy) is 3. The number of benzene rings is 2. The number of thiazole rings is 1. The molecule has 0 aliphatic carbocycles. The van der Waals surface area contributed by atoms with Crippen LogP contribution in [0.2, 0.25) is 0 Å². The molecule has 1 aliphatic rings. The molecule has 0 spiro atoms. The molecule has 0 radical (unpaired) electrons. The summed E-state index contributed by atoms with van der Waals surface area (Å²) in [6.45, 7) is 3.94. The number of amides is 1. The van der Waals surface area contributed by atoms with Crippen LogP contribution in [-0.2, 0) is 9.53 Å². The molecule has 1 fully saturated rings. The highest BCUT2D eigenvalue weighted by atomic mass is 32.1. The summed E-state index contributed by atoms with van der Waals surface area (Å²) >= 11 is 1.30. The molecular weight excluding hydrogens is 421 g/mol. The summed E-state index contributed by atoms with van der Waals surface area (Å²) in [6, 6.07) is 11.9. The van der Waals surface area contributed by atoms with Gasteiger partial charge in [0, 0.05) is 32.2 Å². The molecule has 3 aromatic rings. The lowest BCUT2D eigenvalue weighted by Crippen LogP contribution is -2.44. The molecular formula is C22H24FN3O4S. The minimum Gasteiger partial charge on any atom is -0.497 e. The third-order valence-electron chi connectivity index (χ3n) is 5.04. The summed E-state index contributed by atoms with van der Waals surface area (Å²) < 4.78 is 31.2. The molecule has 4 rings (SSSR count). The van der Waals surface area contributed by atoms with Crippen molar-refractivity contribution in [2.24, 2.45) is 0 Å². The van der Waals surface area contributed by atoms with Gasteiger partial charge < -0.3 is 14.2 Å². The van der Waals surface area contributed by atoms with E-state index >= 15 is 0 Å². The quantitative estimate of drug-likeness (QED) is 0.531. The van der Waals surface area contributed by atoms with Crippen LogP contribution in [0.5, 0.6) is 11.5 Å². The number of anilines is 1. The third kappa shape index (κ3) is 5.30. The molecule has 1 aromatic heterocycles. The van der Waals surface area contributed by atoms with Crippen molar-refractivity contribution in [2.45, 2.75) is 0 Å². The number of hydrogen-bond donors (Lipinski definition) is 0. The van der Waals surface area contributed by atoms with Crippen molar-refractivity contribution in [3.05, 3.63) is 48.3 Å². The molecule has 2 heterocycles. The second-order valence-electron chi connectivity index (χ2n) is 7.05. The van der Waals surface area contributed by atoms with Gasteiger partial charge >= 0.3 is 0 Å². The van der Waals surface area contributed by atoms with Gasteiger partial charge in [0.15, 0.2) is 11.7 Å². The lowest BCUT2D eigenvalue weighted by Gasteiger charge is -2.29. The molecule has 1 amide bonds. The zero-order valence-corrected chi connectivity index (χ0v) is 18.1. The van der Waals surface area contributed by atoms with Crippen molar-refractivity contribution < 1.29 is 23.4 Å². The van der Waals surface area contributed by atoms with Gasteiger partial charge in [-0.15, -0.1) is 0 Å². The smallest absolute Gasteiger partial charge is 0.266 e. The molecule has 0 N–H and O–H groups in total. The van der Waals surface area contributed by atoms with E-state index in [4.69, 9.17) is 14.2 Å². The van der Waals surface area contributed by atoms with Crippen LogP contribution in [0.4, 0.5) is 9.52 Å². The number of hydrogen-bond acceptors (Lipinski definition) is 7. The maximum Gasteiger partial charge on any atom is 0.266 e. The van der Waals surface area contributed by atoms with Crippen LogP contribution in [0, 0.1) is 5.82 Å². The SMILES string of the molecule is COc1cccc(OCC(=O)N(CCN2CCOCC2)c2nc3c(F)cccc3s2)c1. The summed E-state index contributed by atoms with van der Waals surface area (Å²) in [7, 11) is 1.57. The van der Waals surface area contributed by atoms with Gasteiger partial charge in [-0.05, 0) is 24.3 Å². The number of para-hydroxylation sites is 1. The summed E-state index contributed by atoms with van der Waals surface area (Å²) in [5.74, 6) is 0.552. The van der Waals surface area contributed by atoms with E-state index < -0.39 is 5.82 Å².